The van der Waals surface area contributed by atoms with E-state index in [1.165, 1.54) is 7.11 Å². The van der Waals surface area contributed by atoms with Crippen LogP contribution >= 0.6 is 0 Å². The molecule has 1 saturated heterocycles. The van der Waals surface area contributed by atoms with Gasteiger partial charge in [0.05, 0.1) is 5.41 Å². The smallest absolute Gasteiger partial charge is 0.311 e. The molecule has 0 bridgehead atoms. The molecule has 2 N–H and O–H groups in total. The van der Waals surface area contributed by atoms with E-state index in [1.807, 2.05) is 0 Å². The van der Waals surface area contributed by atoms with Crippen molar-refractivity contribution in [2.75, 3.05) is 26.9 Å². The molecular formula is C14H19NO6. The fraction of sp³-hybridized carbons (Fsp3) is 0.571. The Hall–Kier alpha value is -1.86. The number of carboxylic acid groups (broad SMARTS) is 1. The first-order valence-corrected chi connectivity index (χ1v) is 6.74. The van der Waals surface area contributed by atoms with E-state index in [0.717, 1.165) is 0 Å². The van der Waals surface area contributed by atoms with Gasteiger partial charge in [0, 0.05) is 26.9 Å². The summed E-state index contributed by atoms with van der Waals surface area (Å²) in [6.45, 7) is 1.12. The number of hydrogen-bond donors (Lipinski definition) is 2. The number of carbonyl (C=O) groups is 2. The maximum Gasteiger partial charge on any atom is 0.311 e. The van der Waals surface area contributed by atoms with Crippen LogP contribution in [0, 0.1) is 5.41 Å². The van der Waals surface area contributed by atoms with E-state index >= 15 is 0 Å². The lowest BCUT2D eigenvalue weighted by atomic mass is 9.80. The monoisotopic (exact) mass is 297 g/mol. The van der Waals surface area contributed by atoms with Crippen LogP contribution in [-0.4, -0.2) is 43.9 Å². The van der Waals surface area contributed by atoms with Gasteiger partial charge in [0.1, 0.15) is 12.4 Å². The van der Waals surface area contributed by atoms with Gasteiger partial charge in [-0.05, 0) is 25.0 Å². The molecule has 0 unspecified atom stereocenters. The fourth-order valence-electron chi connectivity index (χ4n) is 2.28. The molecule has 1 aromatic rings. The zero-order valence-corrected chi connectivity index (χ0v) is 11.9. The van der Waals surface area contributed by atoms with E-state index in [1.54, 1.807) is 12.1 Å². The average Bonchev–Trinajstić information content (AvgIpc) is 2.95. The van der Waals surface area contributed by atoms with Crippen molar-refractivity contribution in [1.29, 1.82) is 0 Å². The molecule has 1 aromatic heterocycles. The summed E-state index contributed by atoms with van der Waals surface area (Å²) >= 11 is 0. The Kier molecular flexibility index (Phi) is 4.98. The number of carbonyl (C=O) groups excluding carboxylic acids is 1. The summed E-state index contributed by atoms with van der Waals surface area (Å²) in [6, 6.07) is 3.20. The number of hydrogen-bond acceptors (Lipinski definition) is 5. The largest absolute Gasteiger partial charge is 0.481 e. The Morgan fingerprint density at radius 1 is 1.38 bits per heavy atom. The first-order chi connectivity index (χ1) is 10.1. The first kappa shape index (κ1) is 15.5. The minimum absolute atomic E-state index is 0.0604. The number of amides is 1. The SMILES string of the molecule is COCc1ccc(C(=O)NCC2(C(=O)O)CCOCC2)o1. The number of methoxy groups -OCH3 is 1. The van der Waals surface area contributed by atoms with Gasteiger partial charge in [-0.15, -0.1) is 0 Å². The molecule has 1 aliphatic heterocycles. The third kappa shape index (κ3) is 3.62. The standard InChI is InChI=1S/C14H19NO6/c1-19-8-10-2-3-11(21-10)12(16)15-9-14(13(17)18)4-6-20-7-5-14/h2-3H,4-9H2,1H3,(H,15,16)(H,17,18). The predicted octanol–water partition coefficient (Wildman–Crippen LogP) is 1.04. The molecule has 7 heteroatoms. The summed E-state index contributed by atoms with van der Waals surface area (Å²) in [5.74, 6) is -0.647. The molecule has 2 rings (SSSR count). The van der Waals surface area contributed by atoms with E-state index in [9.17, 15) is 14.7 Å². The summed E-state index contributed by atoms with van der Waals surface area (Å²) in [5.41, 5.74) is -0.962. The molecule has 2 heterocycles. The molecule has 116 valence electrons. The molecule has 0 saturated carbocycles. The Labute approximate surface area is 122 Å². The third-order valence-corrected chi connectivity index (χ3v) is 3.66. The topological polar surface area (TPSA) is 98.0 Å². The number of carboxylic acids is 1. The van der Waals surface area contributed by atoms with Crippen LogP contribution < -0.4 is 5.32 Å². The molecule has 0 aliphatic carbocycles. The number of ether oxygens (including phenoxy) is 2. The Bertz CT molecular complexity index is 503. The molecule has 1 amide bonds. The molecule has 21 heavy (non-hydrogen) atoms. The minimum Gasteiger partial charge on any atom is -0.481 e. The summed E-state index contributed by atoms with van der Waals surface area (Å²) in [5, 5.41) is 12.0. The van der Waals surface area contributed by atoms with Crippen molar-refractivity contribution in [3.8, 4) is 0 Å². The summed E-state index contributed by atoms with van der Waals surface area (Å²) < 4.78 is 15.4. The van der Waals surface area contributed by atoms with Gasteiger partial charge in [0.25, 0.3) is 5.91 Å². The molecular weight excluding hydrogens is 278 g/mol. The second-order valence-corrected chi connectivity index (χ2v) is 5.08. The second-order valence-electron chi connectivity index (χ2n) is 5.08. The van der Waals surface area contributed by atoms with Crippen LogP contribution in [0.3, 0.4) is 0 Å². The van der Waals surface area contributed by atoms with E-state index in [2.05, 4.69) is 5.32 Å². The average molecular weight is 297 g/mol. The third-order valence-electron chi connectivity index (χ3n) is 3.66. The van der Waals surface area contributed by atoms with Crippen LogP contribution in [0.4, 0.5) is 0 Å². The first-order valence-electron chi connectivity index (χ1n) is 6.74. The second kappa shape index (κ2) is 6.73. The minimum atomic E-state index is -0.962. The fourth-order valence-corrected chi connectivity index (χ4v) is 2.28. The molecule has 1 fully saturated rings. The lowest BCUT2D eigenvalue weighted by molar-refractivity contribution is -0.154. The quantitative estimate of drug-likeness (QED) is 0.814. The Morgan fingerprint density at radius 3 is 2.71 bits per heavy atom. The number of rotatable bonds is 6. The van der Waals surface area contributed by atoms with Crippen LogP contribution in [-0.2, 0) is 20.9 Å². The lowest BCUT2D eigenvalue weighted by Gasteiger charge is -2.32. The van der Waals surface area contributed by atoms with Crippen LogP contribution in [0.1, 0.15) is 29.2 Å². The number of nitrogens with one attached hydrogen (secondary N) is 1. The van der Waals surface area contributed by atoms with Gasteiger partial charge in [-0.25, -0.2) is 0 Å². The van der Waals surface area contributed by atoms with Crippen molar-refractivity contribution in [2.24, 2.45) is 5.41 Å². The lowest BCUT2D eigenvalue weighted by Crippen LogP contribution is -2.46. The highest BCUT2D eigenvalue weighted by Gasteiger charge is 2.40. The molecule has 1 aliphatic rings. The van der Waals surface area contributed by atoms with Gasteiger partial charge < -0.3 is 24.3 Å². The van der Waals surface area contributed by atoms with Gasteiger partial charge >= 0.3 is 5.97 Å². The highest BCUT2D eigenvalue weighted by Crippen LogP contribution is 2.30. The van der Waals surface area contributed by atoms with Crippen LogP contribution in [0.2, 0.25) is 0 Å². The van der Waals surface area contributed by atoms with Crippen molar-refractivity contribution in [1.82, 2.24) is 5.32 Å². The van der Waals surface area contributed by atoms with Gasteiger partial charge in [-0.1, -0.05) is 0 Å². The van der Waals surface area contributed by atoms with Crippen molar-refractivity contribution in [3.05, 3.63) is 23.7 Å². The van der Waals surface area contributed by atoms with Gasteiger partial charge in [-0.3, -0.25) is 9.59 Å². The molecule has 0 spiro atoms. The van der Waals surface area contributed by atoms with Gasteiger partial charge in [-0.2, -0.15) is 0 Å². The molecule has 0 aromatic carbocycles. The highest BCUT2D eigenvalue weighted by atomic mass is 16.5. The van der Waals surface area contributed by atoms with E-state index in [4.69, 9.17) is 13.9 Å². The number of aliphatic carboxylic acids is 1. The summed E-state index contributed by atoms with van der Waals surface area (Å²) in [7, 11) is 1.53. The zero-order chi connectivity index (χ0) is 15.3. The van der Waals surface area contributed by atoms with Crippen LogP contribution in [0.25, 0.3) is 0 Å². The summed E-state index contributed by atoms with van der Waals surface area (Å²) in [6.07, 6.45) is 0.769. The molecule has 7 nitrogen and oxygen atoms in total. The maximum absolute atomic E-state index is 12.0. The maximum atomic E-state index is 12.0. The molecule has 0 radical (unpaired) electrons. The van der Waals surface area contributed by atoms with Crippen LogP contribution in [0.15, 0.2) is 16.5 Å². The highest BCUT2D eigenvalue weighted by molar-refractivity contribution is 5.92. The normalized spacial score (nSPS) is 17.4. The van der Waals surface area contributed by atoms with Crippen LogP contribution in [0.5, 0.6) is 0 Å². The zero-order valence-electron chi connectivity index (χ0n) is 11.9. The van der Waals surface area contributed by atoms with Gasteiger partial charge in [0.15, 0.2) is 5.76 Å². The van der Waals surface area contributed by atoms with Crippen molar-refractivity contribution < 1.29 is 28.6 Å². The van der Waals surface area contributed by atoms with E-state index in [0.29, 0.717) is 31.8 Å². The van der Waals surface area contributed by atoms with E-state index < -0.39 is 17.3 Å². The Balaban J connectivity index is 1.96. The van der Waals surface area contributed by atoms with Crippen molar-refractivity contribution >= 4 is 11.9 Å². The van der Waals surface area contributed by atoms with Crippen molar-refractivity contribution in [3.63, 3.8) is 0 Å². The predicted molar refractivity (Wildman–Crippen MR) is 71.9 cm³/mol. The summed E-state index contributed by atoms with van der Waals surface area (Å²) in [4.78, 5) is 23.5. The Morgan fingerprint density at radius 2 is 2.10 bits per heavy atom. The van der Waals surface area contributed by atoms with Crippen molar-refractivity contribution in [2.45, 2.75) is 19.4 Å². The van der Waals surface area contributed by atoms with E-state index in [-0.39, 0.29) is 18.9 Å². The molecule has 0 atom stereocenters. The van der Waals surface area contributed by atoms with Gasteiger partial charge in [0.2, 0.25) is 0 Å². The number of furan rings is 1.